The molecule has 198 valence electrons. The number of fused-ring (bicyclic) bond motifs is 1. The van der Waals surface area contributed by atoms with Crippen molar-refractivity contribution in [3.63, 3.8) is 0 Å². The van der Waals surface area contributed by atoms with Crippen LogP contribution in [0.1, 0.15) is 31.5 Å². The highest BCUT2D eigenvalue weighted by Crippen LogP contribution is 2.19. The Morgan fingerprint density at radius 3 is 2.32 bits per heavy atom. The Labute approximate surface area is 213 Å². The Morgan fingerprint density at radius 1 is 0.973 bits per heavy atom. The van der Waals surface area contributed by atoms with E-state index in [-0.39, 0.29) is 25.3 Å². The van der Waals surface area contributed by atoms with Crippen LogP contribution < -0.4 is 21.7 Å². The van der Waals surface area contributed by atoms with Crippen LogP contribution in [0.4, 0.5) is 0 Å². The molecule has 3 amide bonds. The summed E-state index contributed by atoms with van der Waals surface area (Å²) < 4.78 is 0. The van der Waals surface area contributed by atoms with E-state index in [9.17, 15) is 24.3 Å². The third kappa shape index (κ3) is 7.64. The van der Waals surface area contributed by atoms with Crippen molar-refractivity contribution in [3.8, 4) is 0 Å². The highest BCUT2D eigenvalue weighted by molar-refractivity contribution is 5.94. The van der Waals surface area contributed by atoms with Gasteiger partial charge in [0.25, 0.3) is 0 Å². The van der Waals surface area contributed by atoms with E-state index in [4.69, 9.17) is 5.73 Å². The Kier molecular flexibility index (Phi) is 9.39. The molecule has 12 heteroatoms. The number of carboxylic acid groups (broad SMARTS) is 1. The van der Waals surface area contributed by atoms with E-state index in [0.29, 0.717) is 12.1 Å². The highest BCUT2D eigenvalue weighted by Gasteiger charge is 2.30. The lowest BCUT2D eigenvalue weighted by atomic mass is 10.0. The van der Waals surface area contributed by atoms with Gasteiger partial charge in [-0.15, -0.1) is 0 Å². The number of para-hydroxylation sites is 1. The van der Waals surface area contributed by atoms with Crippen LogP contribution in [0, 0.1) is 5.92 Å². The van der Waals surface area contributed by atoms with Gasteiger partial charge in [0.2, 0.25) is 17.7 Å². The molecule has 3 unspecified atom stereocenters. The molecular weight excluding hydrogens is 478 g/mol. The van der Waals surface area contributed by atoms with E-state index >= 15 is 0 Å². The topological polar surface area (TPSA) is 195 Å². The maximum absolute atomic E-state index is 13.4. The van der Waals surface area contributed by atoms with Gasteiger partial charge in [-0.25, -0.2) is 9.78 Å². The molecule has 3 aromatic rings. The van der Waals surface area contributed by atoms with Crippen molar-refractivity contribution in [2.45, 2.75) is 51.2 Å². The number of rotatable bonds is 13. The van der Waals surface area contributed by atoms with Crippen LogP contribution in [0.15, 0.2) is 43.0 Å². The van der Waals surface area contributed by atoms with E-state index < -0.39 is 41.8 Å². The van der Waals surface area contributed by atoms with E-state index in [1.807, 2.05) is 38.1 Å². The predicted octanol–water partition coefficient (Wildman–Crippen LogP) is 0.220. The van der Waals surface area contributed by atoms with Gasteiger partial charge in [0.05, 0.1) is 12.9 Å². The molecule has 0 saturated heterocycles. The molecule has 0 aliphatic carbocycles. The predicted molar refractivity (Wildman–Crippen MR) is 136 cm³/mol. The van der Waals surface area contributed by atoms with Gasteiger partial charge in [0, 0.05) is 41.8 Å². The second-order valence-electron chi connectivity index (χ2n) is 9.26. The summed E-state index contributed by atoms with van der Waals surface area (Å²) in [5, 5.41) is 18.4. The number of imidazole rings is 1. The minimum Gasteiger partial charge on any atom is -0.480 e. The van der Waals surface area contributed by atoms with E-state index in [1.54, 1.807) is 6.20 Å². The normalized spacial score (nSPS) is 13.6. The number of hydrogen-bond acceptors (Lipinski definition) is 6. The fourth-order valence-electron chi connectivity index (χ4n) is 4.05. The van der Waals surface area contributed by atoms with Crippen molar-refractivity contribution in [3.05, 3.63) is 54.2 Å². The number of nitrogens with one attached hydrogen (secondary N) is 5. The summed E-state index contributed by atoms with van der Waals surface area (Å²) in [4.78, 5) is 60.2. The molecule has 0 bridgehead atoms. The molecular formula is C25H33N7O5. The number of carbonyl (C=O) groups is 4. The maximum Gasteiger partial charge on any atom is 0.326 e. The molecule has 8 N–H and O–H groups in total. The molecule has 3 rings (SSSR count). The first-order valence-corrected chi connectivity index (χ1v) is 12.0. The van der Waals surface area contributed by atoms with Crippen LogP contribution in [0.2, 0.25) is 0 Å². The lowest BCUT2D eigenvalue weighted by Crippen LogP contribution is -2.57. The van der Waals surface area contributed by atoms with E-state index in [0.717, 1.165) is 16.5 Å². The number of nitrogens with two attached hydrogens (primary N) is 1. The molecule has 0 radical (unpaired) electrons. The minimum atomic E-state index is -1.25. The zero-order valence-corrected chi connectivity index (χ0v) is 20.8. The van der Waals surface area contributed by atoms with Gasteiger partial charge in [0.15, 0.2) is 0 Å². The second-order valence-corrected chi connectivity index (χ2v) is 9.26. The number of H-pyrrole nitrogens is 2. The first kappa shape index (κ1) is 27.4. The van der Waals surface area contributed by atoms with Crippen LogP contribution >= 0.6 is 0 Å². The third-order valence-electron chi connectivity index (χ3n) is 5.87. The van der Waals surface area contributed by atoms with Crippen LogP contribution in [-0.4, -0.2) is 68.4 Å². The van der Waals surface area contributed by atoms with Crippen molar-refractivity contribution in [1.82, 2.24) is 30.9 Å². The fraction of sp³-hybridized carbons (Fsp3) is 0.400. The Morgan fingerprint density at radius 2 is 1.68 bits per heavy atom. The van der Waals surface area contributed by atoms with Gasteiger partial charge in [-0.05, 0) is 24.0 Å². The highest BCUT2D eigenvalue weighted by atomic mass is 16.4. The van der Waals surface area contributed by atoms with Gasteiger partial charge in [0.1, 0.15) is 18.1 Å². The summed E-state index contributed by atoms with van der Waals surface area (Å²) in [5.41, 5.74) is 7.57. The van der Waals surface area contributed by atoms with Crippen molar-refractivity contribution >= 4 is 34.6 Å². The first-order valence-electron chi connectivity index (χ1n) is 12.0. The largest absolute Gasteiger partial charge is 0.480 e. The first-order chi connectivity index (χ1) is 17.7. The molecule has 37 heavy (non-hydrogen) atoms. The summed E-state index contributed by atoms with van der Waals surface area (Å²) in [6.45, 7) is 3.52. The average molecular weight is 512 g/mol. The van der Waals surface area contributed by atoms with E-state index in [2.05, 4.69) is 30.9 Å². The van der Waals surface area contributed by atoms with Gasteiger partial charge >= 0.3 is 5.97 Å². The zero-order valence-electron chi connectivity index (χ0n) is 20.8. The Balaban J connectivity index is 1.85. The van der Waals surface area contributed by atoms with Crippen LogP contribution in [0.25, 0.3) is 10.9 Å². The second kappa shape index (κ2) is 12.7. The molecule has 0 spiro atoms. The molecule has 0 saturated carbocycles. The number of benzene rings is 1. The smallest absolute Gasteiger partial charge is 0.326 e. The van der Waals surface area contributed by atoms with Crippen molar-refractivity contribution in [2.24, 2.45) is 11.7 Å². The van der Waals surface area contributed by atoms with Crippen molar-refractivity contribution < 1.29 is 24.3 Å². The molecule has 3 atom stereocenters. The van der Waals surface area contributed by atoms with Crippen LogP contribution in [0.3, 0.4) is 0 Å². The minimum absolute atomic E-state index is 0.0165. The van der Waals surface area contributed by atoms with Gasteiger partial charge in [-0.3, -0.25) is 14.4 Å². The van der Waals surface area contributed by atoms with Gasteiger partial charge in [-0.2, -0.15) is 0 Å². The number of aliphatic carboxylic acids is 1. The average Bonchev–Trinajstić information content (AvgIpc) is 3.52. The summed E-state index contributed by atoms with van der Waals surface area (Å²) in [7, 11) is 0. The number of amides is 3. The summed E-state index contributed by atoms with van der Waals surface area (Å²) in [5.74, 6) is -2.88. The fourth-order valence-corrected chi connectivity index (χ4v) is 4.05. The van der Waals surface area contributed by atoms with Crippen LogP contribution in [-0.2, 0) is 32.0 Å². The van der Waals surface area contributed by atoms with Crippen molar-refractivity contribution in [2.75, 3.05) is 6.54 Å². The standard InChI is InChI=1S/C25H33N7O5/c1-14(2)7-19(30-22(33)10-26)23(34)31-20(8-15-11-28-18-6-4-3-5-17(15)18)24(35)32-21(25(36)37)9-16-12-27-13-29-16/h3-6,11-14,19-21,28H,7-10,26H2,1-2H3,(H,27,29)(H,30,33)(H,31,34)(H,32,35)(H,36,37). The quantitative estimate of drug-likeness (QED) is 0.170. The molecule has 0 aliphatic heterocycles. The lowest BCUT2D eigenvalue weighted by Gasteiger charge is -2.25. The van der Waals surface area contributed by atoms with Gasteiger partial charge < -0.3 is 36.8 Å². The summed E-state index contributed by atoms with van der Waals surface area (Å²) in [6, 6.07) is 4.24. The third-order valence-corrected chi connectivity index (χ3v) is 5.87. The monoisotopic (exact) mass is 511 g/mol. The molecule has 2 heterocycles. The van der Waals surface area contributed by atoms with Crippen LogP contribution in [0.5, 0.6) is 0 Å². The molecule has 0 aliphatic rings. The maximum atomic E-state index is 13.4. The van der Waals surface area contributed by atoms with E-state index in [1.165, 1.54) is 12.5 Å². The summed E-state index contributed by atoms with van der Waals surface area (Å²) >= 11 is 0. The Bertz CT molecular complexity index is 1220. The number of aromatic nitrogens is 3. The SMILES string of the molecule is CC(C)CC(NC(=O)CN)C(=O)NC(Cc1c[nH]c2ccccc12)C(=O)NC(Cc1cnc[nH]1)C(=O)O. The zero-order chi connectivity index (χ0) is 26.9. The summed E-state index contributed by atoms with van der Waals surface area (Å²) in [6.07, 6.45) is 5.05. The molecule has 2 aromatic heterocycles. The number of carbonyl (C=O) groups excluding carboxylic acids is 3. The lowest BCUT2D eigenvalue weighted by molar-refractivity contribution is -0.142. The number of hydrogen-bond donors (Lipinski definition) is 7. The number of nitrogens with zero attached hydrogens (tertiary/aromatic N) is 1. The molecule has 0 fully saturated rings. The number of aromatic amines is 2. The molecule has 12 nitrogen and oxygen atoms in total. The number of carboxylic acids is 1. The van der Waals surface area contributed by atoms with Gasteiger partial charge in [-0.1, -0.05) is 32.0 Å². The van der Waals surface area contributed by atoms with Crippen molar-refractivity contribution in [1.29, 1.82) is 0 Å². The Hall–Kier alpha value is -4.19. The molecule has 1 aromatic carbocycles.